The molecule has 2 saturated heterocycles. The fourth-order valence-corrected chi connectivity index (χ4v) is 4.20. The smallest absolute Gasteiger partial charge is 0.229 e. The zero-order valence-corrected chi connectivity index (χ0v) is 12.1. The molecule has 3 nitrogen and oxygen atoms in total. The Balaban J connectivity index is 1.81. The van der Waals surface area contributed by atoms with Gasteiger partial charge in [-0.3, -0.25) is 4.79 Å². The van der Waals surface area contributed by atoms with E-state index in [4.69, 9.17) is 16.3 Å². The molecule has 0 saturated carbocycles. The van der Waals surface area contributed by atoms with Gasteiger partial charge in [0, 0.05) is 29.5 Å². The normalized spacial score (nSPS) is 26.9. The molecule has 2 fully saturated rings. The summed E-state index contributed by atoms with van der Waals surface area (Å²) in [6.07, 6.45) is 0.843. The summed E-state index contributed by atoms with van der Waals surface area (Å²) in [7, 11) is 0. The highest BCUT2D eigenvalue weighted by molar-refractivity contribution is 7.99. The van der Waals surface area contributed by atoms with Crippen molar-refractivity contribution in [2.45, 2.75) is 11.8 Å². The Morgan fingerprint density at radius 3 is 3.00 bits per heavy atom. The number of carbonyl (C=O) groups excluding carboxylic acids is 1. The zero-order chi connectivity index (χ0) is 13.2. The minimum Gasteiger partial charge on any atom is -0.381 e. The van der Waals surface area contributed by atoms with E-state index >= 15 is 0 Å². The molecule has 0 aliphatic carbocycles. The minimum absolute atomic E-state index is 0.0312. The van der Waals surface area contributed by atoms with E-state index in [0.29, 0.717) is 13.2 Å². The first-order chi connectivity index (χ1) is 9.27. The first kappa shape index (κ1) is 13.3. The third kappa shape index (κ3) is 2.62. The van der Waals surface area contributed by atoms with Crippen molar-refractivity contribution >= 4 is 29.3 Å². The number of hydrogen-bond donors (Lipinski definition) is 0. The summed E-state index contributed by atoms with van der Waals surface area (Å²) in [5.74, 6) is 1.21. The van der Waals surface area contributed by atoms with E-state index in [-0.39, 0.29) is 17.2 Å². The van der Waals surface area contributed by atoms with Gasteiger partial charge in [0.15, 0.2) is 0 Å². The Bertz CT molecular complexity index is 476. The van der Waals surface area contributed by atoms with Crippen LogP contribution in [0.3, 0.4) is 0 Å². The third-order valence-corrected chi connectivity index (χ3v) is 5.21. The molecule has 102 valence electrons. The van der Waals surface area contributed by atoms with Crippen molar-refractivity contribution < 1.29 is 9.53 Å². The average Bonchev–Trinajstić information content (AvgIpc) is 3.10. The maximum absolute atomic E-state index is 12.5. The number of amides is 1. The predicted molar refractivity (Wildman–Crippen MR) is 77.3 cm³/mol. The standard InChI is InChI=1S/C14H16ClNO2S/c15-12-4-2-1-3-11(12)14-16(6-8-19-14)13(17)10-5-7-18-9-10/h1-4,10,14H,5-9H2. The molecule has 2 unspecified atom stereocenters. The maximum atomic E-state index is 12.5. The van der Waals surface area contributed by atoms with E-state index < -0.39 is 0 Å². The van der Waals surface area contributed by atoms with Gasteiger partial charge >= 0.3 is 0 Å². The number of hydrogen-bond acceptors (Lipinski definition) is 3. The molecule has 2 heterocycles. The molecule has 1 aromatic rings. The van der Waals surface area contributed by atoms with Crippen molar-refractivity contribution in [3.63, 3.8) is 0 Å². The molecule has 0 aromatic heterocycles. The van der Waals surface area contributed by atoms with Gasteiger partial charge in [0.2, 0.25) is 5.91 Å². The average molecular weight is 298 g/mol. The van der Waals surface area contributed by atoms with Crippen LogP contribution in [-0.4, -0.2) is 36.3 Å². The minimum atomic E-state index is 0.0312. The van der Waals surface area contributed by atoms with Crippen LogP contribution < -0.4 is 0 Å². The van der Waals surface area contributed by atoms with Crippen molar-refractivity contribution in [2.24, 2.45) is 5.92 Å². The summed E-state index contributed by atoms with van der Waals surface area (Å²) in [5.41, 5.74) is 1.04. The Kier molecular flexibility index (Phi) is 4.01. The van der Waals surface area contributed by atoms with Gasteiger partial charge in [-0.15, -0.1) is 11.8 Å². The number of halogens is 1. The van der Waals surface area contributed by atoms with E-state index in [1.54, 1.807) is 11.8 Å². The molecule has 3 rings (SSSR count). The number of rotatable bonds is 2. The third-order valence-electron chi connectivity index (χ3n) is 3.62. The van der Waals surface area contributed by atoms with Crippen LogP contribution in [0.1, 0.15) is 17.4 Å². The number of benzene rings is 1. The van der Waals surface area contributed by atoms with Gasteiger partial charge in [-0.05, 0) is 12.5 Å². The van der Waals surface area contributed by atoms with E-state index in [1.165, 1.54) is 0 Å². The summed E-state index contributed by atoms with van der Waals surface area (Å²) in [5, 5.41) is 0.796. The van der Waals surface area contributed by atoms with Gasteiger partial charge in [0.25, 0.3) is 0 Å². The van der Waals surface area contributed by atoms with Gasteiger partial charge in [-0.25, -0.2) is 0 Å². The lowest BCUT2D eigenvalue weighted by atomic mass is 10.1. The van der Waals surface area contributed by atoms with E-state index in [0.717, 1.165) is 29.3 Å². The molecule has 0 radical (unpaired) electrons. The molecule has 2 aliphatic heterocycles. The highest BCUT2D eigenvalue weighted by Gasteiger charge is 2.36. The highest BCUT2D eigenvalue weighted by atomic mass is 35.5. The molecule has 0 bridgehead atoms. The van der Waals surface area contributed by atoms with Crippen molar-refractivity contribution in [2.75, 3.05) is 25.5 Å². The van der Waals surface area contributed by atoms with Gasteiger partial charge in [0.1, 0.15) is 5.37 Å². The first-order valence-electron chi connectivity index (χ1n) is 6.51. The lowest BCUT2D eigenvalue weighted by molar-refractivity contribution is -0.135. The van der Waals surface area contributed by atoms with E-state index in [2.05, 4.69) is 0 Å². The number of ether oxygens (including phenoxy) is 1. The molecule has 19 heavy (non-hydrogen) atoms. The van der Waals surface area contributed by atoms with Crippen LogP contribution in [0, 0.1) is 5.92 Å². The molecule has 0 spiro atoms. The molecule has 2 atom stereocenters. The van der Waals surface area contributed by atoms with Crippen LogP contribution in [0.15, 0.2) is 24.3 Å². The summed E-state index contributed by atoms with van der Waals surface area (Å²) in [4.78, 5) is 14.5. The number of nitrogens with zero attached hydrogens (tertiary/aromatic N) is 1. The lowest BCUT2D eigenvalue weighted by Crippen LogP contribution is -2.36. The number of carbonyl (C=O) groups is 1. The zero-order valence-electron chi connectivity index (χ0n) is 10.5. The summed E-state index contributed by atoms with van der Waals surface area (Å²) in [6.45, 7) is 2.07. The quantitative estimate of drug-likeness (QED) is 0.840. The predicted octanol–water partition coefficient (Wildman–Crippen LogP) is 2.95. The Morgan fingerprint density at radius 2 is 2.26 bits per heavy atom. The van der Waals surface area contributed by atoms with Gasteiger partial charge < -0.3 is 9.64 Å². The lowest BCUT2D eigenvalue weighted by Gasteiger charge is -2.27. The van der Waals surface area contributed by atoms with Crippen LogP contribution >= 0.6 is 23.4 Å². The summed E-state index contributed by atoms with van der Waals surface area (Å²) < 4.78 is 5.32. The topological polar surface area (TPSA) is 29.5 Å². The highest BCUT2D eigenvalue weighted by Crippen LogP contribution is 2.41. The number of thioether (sulfide) groups is 1. The van der Waals surface area contributed by atoms with Gasteiger partial charge in [-0.2, -0.15) is 0 Å². The summed E-state index contributed by atoms with van der Waals surface area (Å²) in [6, 6.07) is 7.79. The summed E-state index contributed by atoms with van der Waals surface area (Å²) >= 11 is 8.04. The fraction of sp³-hybridized carbons (Fsp3) is 0.500. The molecular formula is C14H16ClNO2S. The maximum Gasteiger partial charge on any atom is 0.229 e. The second-order valence-corrected chi connectivity index (χ2v) is 6.43. The van der Waals surface area contributed by atoms with E-state index in [9.17, 15) is 4.79 Å². The van der Waals surface area contributed by atoms with Crippen molar-refractivity contribution in [1.82, 2.24) is 4.90 Å². The SMILES string of the molecule is O=C(C1CCOC1)N1CCSC1c1ccccc1Cl. The van der Waals surface area contributed by atoms with Crippen LogP contribution in [-0.2, 0) is 9.53 Å². The Labute approximate surface area is 122 Å². The molecule has 0 N–H and O–H groups in total. The van der Waals surface area contributed by atoms with Crippen LogP contribution in [0.2, 0.25) is 5.02 Å². The molecule has 5 heteroatoms. The second kappa shape index (κ2) is 5.73. The van der Waals surface area contributed by atoms with Crippen LogP contribution in [0.5, 0.6) is 0 Å². The van der Waals surface area contributed by atoms with Gasteiger partial charge in [0.05, 0.1) is 12.5 Å². The monoisotopic (exact) mass is 297 g/mol. The van der Waals surface area contributed by atoms with Crippen LogP contribution in [0.4, 0.5) is 0 Å². The Morgan fingerprint density at radius 1 is 1.42 bits per heavy atom. The van der Waals surface area contributed by atoms with Crippen LogP contribution in [0.25, 0.3) is 0 Å². The van der Waals surface area contributed by atoms with Crippen molar-refractivity contribution in [1.29, 1.82) is 0 Å². The van der Waals surface area contributed by atoms with Crippen molar-refractivity contribution in [3.05, 3.63) is 34.9 Å². The van der Waals surface area contributed by atoms with Crippen molar-refractivity contribution in [3.8, 4) is 0 Å². The molecule has 1 amide bonds. The second-order valence-electron chi connectivity index (χ2n) is 4.84. The first-order valence-corrected chi connectivity index (χ1v) is 7.94. The van der Waals surface area contributed by atoms with Gasteiger partial charge in [-0.1, -0.05) is 29.8 Å². The molecular weight excluding hydrogens is 282 g/mol. The molecule has 1 aromatic carbocycles. The molecule has 2 aliphatic rings. The largest absolute Gasteiger partial charge is 0.381 e. The van der Waals surface area contributed by atoms with E-state index in [1.807, 2.05) is 29.2 Å². The Hall–Kier alpha value is -0.710. The fourth-order valence-electron chi connectivity index (χ4n) is 2.59.